The van der Waals surface area contributed by atoms with E-state index in [0.29, 0.717) is 43.5 Å². The van der Waals surface area contributed by atoms with Crippen molar-refractivity contribution in [2.24, 2.45) is 10.5 Å². The number of hydrogen-bond acceptors (Lipinski definition) is 4. The molecule has 2 aliphatic rings. The van der Waals surface area contributed by atoms with E-state index in [2.05, 4.69) is 5.10 Å². The average molecular weight is 584 g/mol. The van der Waals surface area contributed by atoms with Crippen LogP contribution >= 0.6 is 0 Å². The highest BCUT2D eigenvalue weighted by Crippen LogP contribution is 2.47. The van der Waals surface area contributed by atoms with Crippen molar-refractivity contribution >= 4 is 23.2 Å². The molecule has 1 aliphatic heterocycles. The monoisotopic (exact) mass is 583 g/mol. The van der Waals surface area contributed by atoms with Crippen LogP contribution in [0, 0.1) is 5.41 Å². The molecule has 1 N–H and O–H groups in total. The second-order valence-electron chi connectivity index (χ2n) is 10.9. The zero-order valence-corrected chi connectivity index (χ0v) is 22.7. The van der Waals surface area contributed by atoms with Gasteiger partial charge in [-0.1, -0.05) is 25.0 Å². The van der Waals surface area contributed by atoms with E-state index in [0.717, 1.165) is 36.2 Å². The highest BCUT2D eigenvalue weighted by atomic mass is 19.4. The van der Waals surface area contributed by atoms with Crippen molar-refractivity contribution in [3.63, 3.8) is 0 Å². The summed E-state index contributed by atoms with van der Waals surface area (Å²) in [5, 5.41) is 7.65. The Morgan fingerprint density at radius 1 is 0.951 bits per heavy atom. The fraction of sp³-hybridized carbons (Fsp3) is 0.483. The first-order valence-corrected chi connectivity index (χ1v) is 13.3. The van der Waals surface area contributed by atoms with Crippen molar-refractivity contribution < 1.29 is 40.7 Å². The molecule has 0 aromatic heterocycles. The number of ether oxygens (including phenoxy) is 1. The Morgan fingerprint density at radius 3 is 2.12 bits per heavy atom. The molecule has 0 atom stereocenters. The van der Waals surface area contributed by atoms with Gasteiger partial charge < -0.3 is 10.1 Å². The number of nitrogens with zero attached hydrogens (tertiary/aromatic N) is 2. The lowest BCUT2D eigenvalue weighted by Crippen LogP contribution is -2.49. The zero-order valence-electron chi connectivity index (χ0n) is 22.7. The van der Waals surface area contributed by atoms with E-state index in [4.69, 9.17) is 4.74 Å². The molecule has 1 saturated carbocycles. The van der Waals surface area contributed by atoms with E-state index in [1.807, 2.05) is 5.32 Å². The highest BCUT2D eigenvalue weighted by Gasteiger charge is 2.52. The number of carbonyl (C=O) groups is 2. The van der Waals surface area contributed by atoms with Crippen molar-refractivity contribution in [2.45, 2.75) is 76.7 Å². The lowest BCUT2D eigenvalue weighted by molar-refractivity contribution is -0.146. The van der Waals surface area contributed by atoms with E-state index < -0.39 is 41.4 Å². The predicted molar refractivity (Wildman–Crippen MR) is 140 cm³/mol. The molecular weight excluding hydrogens is 552 g/mol. The Hall–Kier alpha value is -3.57. The van der Waals surface area contributed by atoms with Crippen LogP contribution in [0.4, 0.5) is 32.0 Å². The van der Waals surface area contributed by atoms with Gasteiger partial charge in [-0.25, -0.2) is 0 Å². The van der Waals surface area contributed by atoms with Gasteiger partial charge in [0.15, 0.2) is 5.60 Å². The van der Waals surface area contributed by atoms with Crippen molar-refractivity contribution in [1.82, 2.24) is 5.32 Å². The van der Waals surface area contributed by atoms with E-state index in [1.54, 1.807) is 24.3 Å². The van der Waals surface area contributed by atoms with Crippen LogP contribution in [0.5, 0.6) is 5.75 Å². The van der Waals surface area contributed by atoms with Crippen LogP contribution in [0.2, 0.25) is 0 Å². The van der Waals surface area contributed by atoms with E-state index in [-0.39, 0.29) is 5.91 Å². The topological polar surface area (TPSA) is 71.0 Å². The van der Waals surface area contributed by atoms with Crippen molar-refractivity contribution in [2.75, 3.05) is 11.6 Å². The molecule has 4 rings (SSSR count). The standard InChI is InChI=1S/C29H31F6N3O3/c1-26(2,24(39)36-18-28(30,31)32)41-22-14-8-19(9-15-22)6-5-7-23-27(16-3-4-17-27)25(40)38(37-23)21-12-10-20(11-13-21)29(33,34)35/h8-15H,3-7,16-18H2,1-2H3,(H,36,39). The highest BCUT2D eigenvalue weighted by molar-refractivity contribution is 6.19. The number of halogens is 6. The van der Waals surface area contributed by atoms with E-state index >= 15 is 0 Å². The molecule has 2 amide bonds. The van der Waals surface area contributed by atoms with Gasteiger partial charge in [0.25, 0.3) is 11.8 Å². The second-order valence-corrected chi connectivity index (χ2v) is 10.9. The zero-order chi connectivity index (χ0) is 30.1. The van der Waals surface area contributed by atoms with Gasteiger partial charge in [-0.2, -0.15) is 36.5 Å². The molecule has 0 unspecified atom stereocenters. The first-order valence-electron chi connectivity index (χ1n) is 13.3. The summed E-state index contributed by atoms with van der Waals surface area (Å²) in [6.45, 7) is 1.31. The number of hydrogen-bond donors (Lipinski definition) is 1. The number of aryl methyl sites for hydroxylation is 1. The summed E-state index contributed by atoms with van der Waals surface area (Å²) in [4.78, 5) is 25.6. The third-order valence-electron chi connectivity index (χ3n) is 7.44. The molecule has 2 aromatic carbocycles. The van der Waals surface area contributed by atoms with Crippen LogP contribution in [-0.4, -0.2) is 35.8 Å². The summed E-state index contributed by atoms with van der Waals surface area (Å²) in [7, 11) is 0. The first kappa shape index (κ1) is 30.4. The van der Waals surface area contributed by atoms with Crippen LogP contribution < -0.4 is 15.1 Å². The molecule has 0 radical (unpaired) electrons. The molecular formula is C29H31F6N3O3. The van der Waals surface area contributed by atoms with E-state index in [1.165, 1.54) is 31.0 Å². The first-order chi connectivity index (χ1) is 19.1. The van der Waals surface area contributed by atoms with Crippen LogP contribution in [0.1, 0.15) is 63.5 Å². The molecule has 1 heterocycles. The maximum atomic E-state index is 13.4. The summed E-state index contributed by atoms with van der Waals surface area (Å²) >= 11 is 0. The quantitative estimate of drug-likeness (QED) is 0.329. The molecule has 12 heteroatoms. The van der Waals surface area contributed by atoms with Gasteiger partial charge in [0.05, 0.1) is 22.4 Å². The minimum atomic E-state index is -4.53. The Bertz CT molecular complexity index is 1280. The maximum absolute atomic E-state index is 13.4. The second kappa shape index (κ2) is 11.4. The molecule has 6 nitrogen and oxygen atoms in total. The van der Waals surface area contributed by atoms with Crippen molar-refractivity contribution in [1.29, 1.82) is 0 Å². The van der Waals surface area contributed by atoms with Crippen molar-refractivity contribution in [3.05, 3.63) is 59.7 Å². The Morgan fingerprint density at radius 2 is 1.56 bits per heavy atom. The minimum Gasteiger partial charge on any atom is -0.478 e. The fourth-order valence-corrected chi connectivity index (χ4v) is 5.24. The van der Waals surface area contributed by atoms with Gasteiger partial charge in [0, 0.05) is 0 Å². The van der Waals surface area contributed by atoms with Gasteiger partial charge in [0.2, 0.25) is 0 Å². The third kappa shape index (κ3) is 7.02. The minimum absolute atomic E-state index is 0.201. The number of amides is 2. The largest absolute Gasteiger partial charge is 0.478 e. The number of benzene rings is 2. The third-order valence-corrected chi connectivity index (χ3v) is 7.44. The summed E-state index contributed by atoms with van der Waals surface area (Å²) in [6.07, 6.45) is -4.11. The van der Waals surface area contributed by atoms with Gasteiger partial charge in [-0.15, -0.1) is 0 Å². The summed E-state index contributed by atoms with van der Waals surface area (Å²) in [6, 6.07) is 11.3. The molecule has 222 valence electrons. The molecule has 1 aliphatic carbocycles. The Balaban J connectivity index is 1.37. The van der Waals surface area contributed by atoms with Crippen LogP contribution in [0.25, 0.3) is 0 Å². The number of rotatable bonds is 9. The predicted octanol–water partition coefficient (Wildman–Crippen LogP) is 6.83. The number of carbonyl (C=O) groups excluding carboxylic acids is 2. The molecule has 1 fully saturated rings. The Labute approximate surface area is 233 Å². The summed E-state index contributed by atoms with van der Waals surface area (Å²) in [5.74, 6) is -0.770. The van der Waals surface area contributed by atoms with Gasteiger partial charge in [-0.3, -0.25) is 9.59 Å². The SMILES string of the molecule is CC(C)(Oc1ccc(CCCC2=NN(c3ccc(C(F)(F)F)cc3)C(=O)C23CCCC3)cc1)C(=O)NCC(F)(F)F. The van der Waals surface area contributed by atoms with Gasteiger partial charge in [-0.05, 0) is 87.9 Å². The lowest BCUT2D eigenvalue weighted by atomic mass is 9.78. The molecule has 41 heavy (non-hydrogen) atoms. The molecule has 2 aromatic rings. The van der Waals surface area contributed by atoms with Gasteiger partial charge in [0.1, 0.15) is 12.3 Å². The summed E-state index contributed by atoms with van der Waals surface area (Å²) < 4.78 is 81.8. The molecule has 0 saturated heterocycles. The molecule has 0 bridgehead atoms. The number of hydrazone groups is 1. The van der Waals surface area contributed by atoms with Crippen LogP contribution in [0.15, 0.2) is 53.6 Å². The maximum Gasteiger partial charge on any atom is 0.416 e. The number of alkyl halides is 6. The smallest absolute Gasteiger partial charge is 0.416 e. The Kier molecular flexibility index (Phi) is 8.42. The normalized spacial score (nSPS) is 17.2. The van der Waals surface area contributed by atoms with Crippen LogP contribution in [-0.2, 0) is 22.2 Å². The lowest BCUT2D eigenvalue weighted by Gasteiger charge is -2.25. The summed E-state index contributed by atoms with van der Waals surface area (Å²) in [5.41, 5.74) is -1.05. The van der Waals surface area contributed by atoms with E-state index in [9.17, 15) is 35.9 Å². The number of nitrogens with one attached hydrogen (secondary N) is 1. The van der Waals surface area contributed by atoms with Crippen LogP contribution in [0.3, 0.4) is 0 Å². The van der Waals surface area contributed by atoms with Crippen molar-refractivity contribution in [3.8, 4) is 5.75 Å². The number of anilines is 1. The average Bonchev–Trinajstić information content (AvgIpc) is 3.49. The molecule has 1 spiro atoms. The fourth-order valence-electron chi connectivity index (χ4n) is 5.24. The van der Waals surface area contributed by atoms with Gasteiger partial charge >= 0.3 is 12.4 Å².